The van der Waals surface area contributed by atoms with Crippen molar-refractivity contribution in [1.29, 1.82) is 5.41 Å². The summed E-state index contributed by atoms with van der Waals surface area (Å²) in [5.74, 6) is 0.125. The number of amidine groups is 1. The zero-order chi connectivity index (χ0) is 5.86. The van der Waals surface area contributed by atoms with E-state index in [-0.39, 0.29) is 5.84 Å². The summed E-state index contributed by atoms with van der Waals surface area (Å²) < 4.78 is 0. The van der Waals surface area contributed by atoms with Gasteiger partial charge in [-0.1, -0.05) is 5.57 Å². The Labute approximate surface area is 43.5 Å². The lowest BCUT2D eigenvalue weighted by atomic mass is 10.3. The molecular weight excluding hydrogens is 88.1 g/mol. The standard InChI is InChI=1S/C5H10N2/c1-4(2)3-5(6)7/h3H,1-2H3,(H3,6,7). The maximum absolute atomic E-state index is 6.73. The molecule has 0 aliphatic carbocycles. The summed E-state index contributed by atoms with van der Waals surface area (Å²) in [5.41, 5.74) is 6.06. The molecule has 7 heavy (non-hydrogen) atoms. The van der Waals surface area contributed by atoms with Crippen LogP contribution in [0.4, 0.5) is 0 Å². The molecule has 0 aromatic rings. The zero-order valence-electron chi connectivity index (χ0n) is 4.65. The van der Waals surface area contributed by atoms with Crippen LogP contribution in [0, 0.1) is 5.41 Å². The predicted molar refractivity (Wildman–Crippen MR) is 31.3 cm³/mol. The van der Waals surface area contributed by atoms with E-state index in [0.717, 1.165) is 5.57 Å². The fourth-order valence-electron chi connectivity index (χ4n) is 0.311. The van der Waals surface area contributed by atoms with E-state index in [1.807, 2.05) is 13.8 Å². The molecule has 0 aromatic heterocycles. The normalized spacial score (nSPS) is 7.71. The summed E-state index contributed by atoms with van der Waals surface area (Å²) in [4.78, 5) is 0. The number of hydrogen-bond donors (Lipinski definition) is 2. The van der Waals surface area contributed by atoms with Gasteiger partial charge in [0, 0.05) is 0 Å². The van der Waals surface area contributed by atoms with Gasteiger partial charge in [0.05, 0.1) is 0 Å². The van der Waals surface area contributed by atoms with Crippen molar-refractivity contribution in [3.8, 4) is 0 Å². The fraction of sp³-hybridized carbons (Fsp3) is 0.400. The molecule has 0 fully saturated rings. The minimum absolute atomic E-state index is 0.125. The maximum atomic E-state index is 6.73. The first-order valence-corrected chi connectivity index (χ1v) is 2.12. The van der Waals surface area contributed by atoms with Crippen molar-refractivity contribution in [3.63, 3.8) is 0 Å². The summed E-state index contributed by atoms with van der Waals surface area (Å²) in [5, 5.41) is 6.73. The maximum Gasteiger partial charge on any atom is 0.115 e. The van der Waals surface area contributed by atoms with Crippen molar-refractivity contribution in [2.75, 3.05) is 0 Å². The molecule has 0 bridgehead atoms. The van der Waals surface area contributed by atoms with Crippen LogP contribution in [-0.2, 0) is 0 Å². The molecule has 0 saturated heterocycles. The van der Waals surface area contributed by atoms with Crippen LogP contribution < -0.4 is 5.73 Å². The first kappa shape index (κ1) is 6.21. The van der Waals surface area contributed by atoms with Gasteiger partial charge in [-0.3, -0.25) is 5.41 Å². The Morgan fingerprint density at radius 2 is 2.00 bits per heavy atom. The van der Waals surface area contributed by atoms with Crippen LogP contribution in [0.5, 0.6) is 0 Å². The van der Waals surface area contributed by atoms with Crippen LogP contribution in [0.2, 0.25) is 0 Å². The van der Waals surface area contributed by atoms with Crippen molar-refractivity contribution in [2.45, 2.75) is 13.8 Å². The Balaban J connectivity index is 3.68. The second kappa shape index (κ2) is 2.39. The first-order valence-electron chi connectivity index (χ1n) is 2.12. The molecule has 0 saturated carbocycles. The van der Waals surface area contributed by atoms with E-state index in [4.69, 9.17) is 11.1 Å². The summed E-state index contributed by atoms with van der Waals surface area (Å²) in [6.07, 6.45) is 1.61. The van der Waals surface area contributed by atoms with Gasteiger partial charge >= 0.3 is 0 Å². The van der Waals surface area contributed by atoms with Gasteiger partial charge in [0.2, 0.25) is 0 Å². The molecule has 0 atom stereocenters. The van der Waals surface area contributed by atoms with E-state index < -0.39 is 0 Å². The topological polar surface area (TPSA) is 49.9 Å². The highest BCUT2D eigenvalue weighted by Crippen LogP contribution is 1.84. The van der Waals surface area contributed by atoms with E-state index in [1.165, 1.54) is 0 Å². The van der Waals surface area contributed by atoms with E-state index in [0.29, 0.717) is 0 Å². The quantitative estimate of drug-likeness (QED) is 0.371. The average Bonchev–Trinajstić information content (AvgIpc) is 1.27. The van der Waals surface area contributed by atoms with Gasteiger partial charge in [-0.25, -0.2) is 0 Å². The highest BCUT2D eigenvalue weighted by Gasteiger charge is 1.76. The highest BCUT2D eigenvalue weighted by atomic mass is 14.7. The van der Waals surface area contributed by atoms with Gasteiger partial charge in [-0.05, 0) is 19.9 Å². The van der Waals surface area contributed by atoms with E-state index in [9.17, 15) is 0 Å². The van der Waals surface area contributed by atoms with Crippen molar-refractivity contribution in [1.82, 2.24) is 0 Å². The van der Waals surface area contributed by atoms with Crippen LogP contribution in [0.3, 0.4) is 0 Å². The minimum atomic E-state index is 0.125. The molecule has 0 unspecified atom stereocenters. The van der Waals surface area contributed by atoms with Crippen LogP contribution >= 0.6 is 0 Å². The van der Waals surface area contributed by atoms with Crippen LogP contribution in [0.1, 0.15) is 13.8 Å². The van der Waals surface area contributed by atoms with Crippen molar-refractivity contribution in [2.24, 2.45) is 5.73 Å². The molecule has 2 heteroatoms. The van der Waals surface area contributed by atoms with Gasteiger partial charge in [-0.2, -0.15) is 0 Å². The average molecular weight is 98.1 g/mol. The fourth-order valence-corrected chi connectivity index (χ4v) is 0.311. The largest absolute Gasteiger partial charge is 0.384 e. The summed E-state index contributed by atoms with van der Waals surface area (Å²) in [6.45, 7) is 3.81. The number of hydrogen-bond acceptors (Lipinski definition) is 1. The molecule has 0 aliphatic rings. The molecular formula is C5H10N2. The van der Waals surface area contributed by atoms with Crippen LogP contribution in [0.25, 0.3) is 0 Å². The second-order valence-electron chi connectivity index (χ2n) is 1.68. The Bertz CT molecular complexity index is 98.6. The molecule has 40 valence electrons. The van der Waals surface area contributed by atoms with Crippen molar-refractivity contribution >= 4 is 5.84 Å². The van der Waals surface area contributed by atoms with Gasteiger partial charge in [-0.15, -0.1) is 0 Å². The Hall–Kier alpha value is -0.790. The molecule has 0 aliphatic heterocycles. The minimum Gasteiger partial charge on any atom is -0.384 e. The lowest BCUT2D eigenvalue weighted by molar-refractivity contribution is 1.37. The van der Waals surface area contributed by atoms with E-state index in [1.54, 1.807) is 6.08 Å². The molecule has 2 nitrogen and oxygen atoms in total. The van der Waals surface area contributed by atoms with Crippen LogP contribution in [-0.4, -0.2) is 5.84 Å². The number of allylic oxidation sites excluding steroid dienone is 1. The van der Waals surface area contributed by atoms with Gasteiger partial charge in [0.1, 0.15) is 5.84 Å². The zero-order valence-corrected chi connectivity index (χ0v) is 4.65. The third-order valence-corrected chi connectivity index (χ3v) is 0.444. The number of nitrogens with one attached hydrogen (secondary N) is 1. The summed E-state index contributed by atoms with van der Waals surface area (Å²) in [6, 6.07) is 0. The summed E-state index contributed by atoms with van der Waals surface area (Å²) >= 11 is 0. The van der Waals surface area contributed by atoms with Gasteiger partial charge < -0.3 is 5.73 Å². The van der Waals surface area contributed by atoms with E-state index >= 15 is 0 Å². The lowest BCUT2D eigenvalue weighted by Crippen LogP contribution is -2.04. The Kier molecular flexibility index (Phi) is 2.12. The molecule has 0 heterocycles. The highest BCUT2D eigenvalue weighted by molar-refractivity contribution is 5.88. The van der Waals surface area contributed by atoms with Gasteiger partial charge in [0.25, 0.3) is 0 Å². The Morgan fingerprint density at radius 3 is 2.00 bits per heavy atom. The number of rotatable bonds is 1. The molecule has 0 rings (SSSR count). The third kappa shape index (κ3) is 5.21. The molecule has 0 amide bonds. The van der Waals surface area contributed by atoms with Crippen LogP contribution in [0.15, 0.2) is 11.6 Å². The van der Waals surface area contributed by atoms with E-state index in [2.05, 4.69) is 0 Å². The van der Waals surface area contributed by atoms with Gasteiger partial charge in [0.15, 0.2) is 0 Å². The number of nitrogens with two attached hydrogens (primary N) is 1. The SMILES string of the molecule is CC(C)=CC(=N)N. The Morgan fingerprint density at radius 1 is 1.57 bits per heavy atom. The lowest BCUT2D eigenvalue weighted by Gasteiger charge is -1.84. The summed E-state index contributed by atoms with van der Waals surface area (Å²) in [7, 11) is 0. The predicted octanol–water partition coefficient (Wildman–Crippen LogP) is 0.889. The van der Waals surface area contributed by atoms with Crippen molar-refractivity contribution < 1.29 is 0 Å². The molecule has 0 spiro atoms. The molecule has 0 radical (unpaired) electrons. The smallest absolute Gasteiger partial charge is 0.115 e. The van der Waals surface area contributed by atoms with Crippen molar-refractivity contribution in [3.05, 3.63) is 11.6 Å². The molecule has 0 aromatic carbocycles. The third-order valence-electron chi connectivity index (χ3n) is 0.444. The second-order valence-corrected chi connectivity index (χ2v) is 1.68. The first-order chi connectivity index (χ1) is 3.13. The molecule has 3 N–H and O–H groups in total. The monoisotopic (exact) mass is 98.1 g/mol.